The molecule has 1 fully saturated rings. The van der Waals surface area contributed by atoms with Crippen molar-refractivity contribution >= 4 is 11.6 Å². The molecule has 3 N–H and O–H groups in total. The smallest absolute Gasteiger partial charge is 0.399 e. The Hall–Kier alpha value is -1.76. The van der Waals surface area contributed by atoms with Crippen LogP contribution in [-0.4, -0.2) is 36.5 Å². The van der Waals surface area contributed by atoms with E-state index in [1.165, 1.54) is 6.07 Å². The van der Waals surface area contributed by atoms with E-state index in [1.54, 1.807) is 0 Å². The molecule has 0 saturated carbocycles. The Balaban J connectivity index is 1.96. The minimum atomic E-state index is -4.52. The summed E-state index contributed by atoms with van der Waals surface area (Å²) in [6.07, 6.45) is -2.24. The second-order valence-electron chi connectivity index (χ2n) is 5.62. The van der Waals surface area contributed by atoms with Gasteiger partial charge in [-0.2, -0.15) is 13.2 Å². The van der Waals surface area contributed by atoms with Crippen molar-refractivity contribution < 1.29 is 18.0 Å². The maximum atomic E-state index is 12.7. The Morgan fingerprint density at radius 3 is 2.73 bits per heavy atom. The molecule has 1 atom stereocenters. The van der Waals surface area contributed by atoms with E-state index < -0.39 is 17.6 Å². The molecular weight excluding hydrogens is 295 g/mol. The van der Waals surface area contributed by atoms with Gasteiger partial charge in [0.05, 0.1) is 5.56 Å². The Morgan fingerprint density at radius 1 is 1.41 bits per heavy atom. The monoisotopic (exact) mass is 315 g/mol. The van der Waals surface area contributed by atoms with Crippen LogP contribution in [0.15, 0.2) is 18.2 Å². The number of nitrogens with two attached hydrogens (primary N) is 1. The number of benzene rings is 1. The summed E-state index contributed by atoms with van der Waals surface area (Å²) in [5.41, 5.74) is 4.40. The lowest BCUT2D eigenvalue weighted by atomic mass is 10.1. The highest BCUT2D eigenvalue weighted by atomic mass is 19.4. The lowest BCUT2D eigenvalue weighted by Gasteiger charge is -2.20. The molecule has 0 unspecified atom stereocenters. The predicted octanol–water partition coefficient (Wildman–Crippen LogP) is 2.50. The zero-order valence-electron chi connectivity index (χ0n) is 12.4. The van der Waals surface area contributed by atoms with Gasteiger partial charge in [0.2, 0.25) is 0 Å². The summed E-state index contributed by atoms with van der Waals surface area (Å²) in [6, 6.07) is 3.39. The lowest BCUT2D eigenvalue weighted by Crippen LogP contribution is -2.36. The molecule has 4 nitrogen and oxygen atoms in total. The number of hydrogen-bond acceptors (Lipinski definition) is 3. The third-order valence-corrected chi connectivity index (χ3v) is 3.92. The molecule has 0 spiro atoms. The number of carbonyl (C=O) groups excluding carboxylic acids is 1. The third-order valence-electron chi connectivity index (χ3n) is 3.92. The minimum absolute atomic E-state index is 0.0678. The van der Waals surface area contributed by atoms with E-state index in [1.807, 2.05) is 0 Å². The van der Waals surface area contributed by atoms with Gasteiger partial charge in [0, 0.05) is 30.4 Å². The van der Waals surface area contributed by atoms with Gasteiger partial charge in [-0.3, -0.25) is 9.69 Å². The summed E-state index contributed by atoms with van der Waals surface area (Å²) in [4.78, 5) is 14.2. The van der Waals surface area contributed by atoms with E-state index in [2.05, 4.69) is 17.1 Å². The maximum Gasteiger partial charge on any atom is 0.416 e. The molecule has 22 heavy (non-hydrogen) atoms. The molecule has 7 heteroatoms. The number of rotatable bonds is 4. The van der Waals surface area contributed by atoms with Gasteiger partial charge in [0.1, 0.15) is 0 Å². The lowest BCUT2D eigenvalue weighted by molar-refractivity contribution is -0.137. The second-order valence-corrected chi connectivity index (χ2v) is 5.62. The molecule has 1 aromatic rings. The Bertz CT molecular complexity index is 545. The van der Waals surface area contributed by atoms with Crippen molar-refractivity contribution in [1.29, 1.82) is 0 Å². The van der Waals surface area contributed by atoms with Crippen LogP contribution >= 0.6 is 0 Å². The van der Waals surface area contributed by atoms with Gasteiger partial charge in [-0.25, -0.2) is 0 Å². The third kappa shape index (κ3) is 4.13. The van der Waals surface area contributed by atoms with E-state index >= 15 is 0 Å². The summed E-state index contributed by atoms with van der Waals surface area (Å²) < 4.78 is 38.2. The van der Waals surface area contributed by atoms with Crippen LogP contribution in [0.25, 0.3) is 0 Å². The predicted molar refractivity (Wildman–Crippen MR) is 78.5 cm³/mol. The van der Waals surface area contributed by atoms with Gasteiger partial charge in [0.25, 0.3) is 5.91 Å². The summed E-state index contributed by atoms with van der Waals surface area (Å²) in [6.45, 7) is 4.22. The number of nitrogens with one attached hydrogen (secondary N) is 1. The van der Waals surface area contributed by atoms with Crippen molar-refractivity contribution in [1.82, 2.24) is 10.2 Å². The molecule has 1 aliphatic heterocycles. The van der Waals surface area contributed by atoms with Gasteiger partial charge in [-0.15, -0.1) is 0 Å². The minimum Gasteiger partial charge on any atom is -0.399 e. The maximum absolute atomic E-state index is 12.7. The fourth-order valence-electron chi connectivity index (χ4n) is 2.69. The number of alkyl halides is 3. The van der Waals surface area contributed by atoms with E-state index in [0.717, 1.165) is 31.5 Å². The number of hydrogen-bond donors (Lipinski definition) is 2. The van der Waals surface area contributed by atoms with E-state index in [-0.39, 0.29) is 11.3 Å². The van der Waals surface area contributed by atoms with Crippen LogP contribution in [0, 0.1) is 0 Å². The molecule has 1 saturated heterocycles. The molecule has 1 aromatic carbocycles. The van der Waals surface area contributed by atoms with Crippen LogP contribution in [0.5, 0.6) is 0 Å². The van der Waals surface area contributed by atoms with Crippen LogP contribution in [0.2, 0.25) is 0 Å². The quantitative estimate of drug-likeness (QED) is 0.839. The molecule has 0 aromatic heterocycles. The van der Waals surface area contributed by atoms with Gasteiger partial charge in [-0.05, 0) is 44.5 Å². The van der Waals surface area contributed by atoms with Gasteiger partial charge in [-0.1, -0.05) is 0 Å². The first-order chi connectivity index (χ1) is 10.3. The Morgan fingerprint density at radius 2 is 2.14 bits per heavy atom. The first-order valence-electron chi connectivity index (χ1n) is 7.27. The first kappa shape index (κ1) is 16.6. The highest BCUT2D eigenvalue weighted by Crippen LogP contribution is 2.31. The highest BCUT2D eigenvalue weighted by Gasteiger charge is 2.31. The fourth-order valence-corrected chi connectivity index (χ4v) is 2.69. The standard InChI is InChI=1S/C15H20F3N3O/c1-10-3-2-5-21(10)6-4-20-14(22)11-7-12(15(16,17)18)9-13(19)8-11/h7-10H,2-6,19H2,1H3,(H,20,22)/t10-/m1/s1. The number of nitrogen functional groups attached to an aromatic ring is 1. The van der Waals surface area contributed by atoms with Crippen LogP contribution in [0.1, 0.15) is 35.7 Å². The molecule has 1 aliphatic rings. The Labute approximate surface area is 127 Å². The van der Waals surface area contributed by atoms with Gasteiger partial charge < -0.3 is 11.1 Å². The van der Waals surface area contributed by atoms with Crippen LogP contribution < -0.4 is 11.1 Å². The highest BCUT2D eigenvalue weighted by molar-refractivity contribution is 5.95. The fraction of sp³-hybridized carbons (Fsp3) is 0.533. The summed E-state index contributed by atoms with van der Waals surface area (Å²) in [7, 11) is 0. The Kier molecular flexibility index (Phi) is 4.95. The molecule has 2 rings (SSSR count). The zero-order valence-corrected chi connectivity index (χ0v) is 12.4. The van der Waals surface area contributed by atoms with Crippen molar-refractivity contribution in [2.24, 2.45) is 0 Å². The second kappa shape index (κ2) is 6.56. The number of carbonyl (C=O) groups is 1. The van der Waals surface area contributed by atoms with Crippen molar-refractivity contribution in [3.05, 3.63) is 29.3 Å². The topological polar surface area (TPSA) is 58.4 Å². The number of anilines is 1. The molecule has 0 bridgehead atoms. The average Bonchev–Trinajstić information content (AvgIpc) is 2.82. The van der Waals surface area contributed by atoms with Crippen LogP contribution in [0.4, 0.5) is 18.9 Å². The normalized spacial score (nSPS) is 19.4. The molecule has 0 radical (unpaired) electrons. The number of nitrogens with zero attached hydrogens (tertiary/aromatic N) is 1. The average molecular weight is 315 g/mol. The van der Waals surface area contributed by atoms with Crippen LogP contribution in [0.3, 0.4) is 0 Å². The molecule has 1 amide bonds. The zero-order chi connectivity index (χ0) is 16.3. The molecule has 122 valence electrons. The van der Waals surface area contributed by atoms with E-state index in [0.29, 0.717) is 19.1 Å². The van der Waals surface area contributed by atoms with Crippen molar-refractivity contribution in [2.45, 2.75) is 32.0 Å². The number of likely N-dealkylation sites (tertiary alicyclic amines) is 1. The summed E-state index contributed by atoms with van der Waals surface area (Å²) in [5.74, 6) is -0.537. The first-order valence-corrected chi connectivity index (χ1v) is 7.27. The van der Waals surface area contributed by atoms with Gasteiger partial charge >= 0.3 is 6.18 Å². The van der Waals surface area contributed by atoms with E-state index in [4.69, 9.17) is 5.73 Å². The number of halogens is 3. The van der Waals surface area contributed by atoms with E-state index in [9.17, 15) is 18.0 Å². The molecular formula is C15H20F3N3O. The van der Waals surface area contributed by atoms with Crippen molar-refractivity contribution in [3.63, 3.8) is 0 Å². The number of amides is 1. The SMILES string of the molecule is C[C@@H]1CCCN1CCNC(=O)c1cc(N)cc(C(F)(F)F)c1. The largest absolute Gasteiger partial charge is 0.416 e. The molecule has 1 heterocycles. The van der Waals surface area contributed by atoms with Crippen molar-refractivity contribution in [3.8, 4) is 0 Å². The summed E-state index contributed by atoms with van der Waals surface area (Å²) >= 11 is 0. The van der Waals surface area contributed by atoms with Crippen molar-refractivity contribution in [2.75, 3.05) is 25.4 Å². The summed E-state index contributed by atoms with van der Waals surface area (Å²) in [5, 5.41) is 2.65. The van der Waals surface area contributed by atoms with Gasteiger partial charge in [0.15, 0.2) is 0 Å². The molecule has 0 aliphatic carbocycles. The van der Waals surface area contributed by atoms with Crippen LogP contribution in [-0.2, 0) is 6.18 Å².